The third-order valence-electron chi connectivity index (χ3n) is 2.32. The topological polar surface area (TPSA) is 86.5 Å². The zero-order valence-electron chi connectivity index (χ0n) is 10.9. The molecule has 7 heteroatoms. The van der Waals surface area contributed by atoms with Crippen LogP contribution in [0.5, 0.6) is 5.75 Å². The largest absolute Gasteiger partial charge is 0.493 e. The highest BCUT2D eigenvalue weighted by Gasteiger charge is 2.06. The molecule has 19 heavy (non-hydrogen) atoms. The predicted octanol–water partition coefficient (Wildman–Crippen LogP) is 0.831. The molecule has 1 aromatic rings. The molecule has 1 unspecified atom stereocenters. The van der Waals surface area contributed by atoms with Crippen molar-refractivity contribution >= 4 is 26.3 Å². The highest BCUT2D eigenvalue weighted by atomic mass is 32.2. The SMILES string of the molecule is CS(=O)(=O)CCS(=O)CCCOc1cccc(N)c1. The van der Waals surface area contributed by atoms with Gasteiger partial charge in [-0.05, 0) is 18.6 Å². The van der Waals surface area contributed by atoms with Gasteiger partial charge >= 0.3 is 0 Å². The Kier molecular flexibility index (Phi) is 6.30. The van der Waals surface area contributed by atoms with E-state index in [1.165, 1.54) is 0 Å². The van der Waals surface area contributed by atoms with Crippen LogP contribution >= 0.6 is 0 Å². The van der Waals surface area contributed by atoms with Crippen LogP contribution in [0, 0.1) is 0 Å². The van der Waals surface area contributed by atoms with Gasteiger partial charge < -0.3 is 10.5 Å². The Bertz CT molecular complexity index is 528. The van der Waals surface area contributed by atoms with E-state index in [2.05, 4.69) is 0 Å². The van der Waals surface area contributed by atoms with Crippen molar-refractivity contribution in [3.63, 3.8) is 0 Å². The number of rotatable bonds is 8. The molecule has 0 aliphatic carbocycles. The lowest BCUT2D eigenvalue weighted by atomic mass is 10.3. The van der Waals surface area contributed by atoms with E-state index in [4.69, 9.17) is 10.5 Å². The molecule has 0 saturated carbocycles. The van der Waals surface area contributed by atoms with E-state index in [1.807, 2.05) is 0 Å². The molecule has 0 heterocycles. The van der Waals surface area contributed by atoms with Gasteiger partial charge in [-0.2, -0.15) is 0 Å². The molecule has 108 valence electrons. The fourth-order valence-electron chi connectivity index (χ4n) is 1.36. The number of ether oxygens (including phenoxy) is 1. The Labute approximate surface area is 116 Å². The molecule has 2 N–H and O–H groups in total. The average Bonchev–Trinajstić information content (AvgIpc) is 2.31. The molecule has 0 amide bonds. The normalized spacial score (nSPS) is 13.1. The fourth-order valence-corrected chi connectivity index (χ4v) is 3.96. The van der Waals surface area contributed by atoms with Crippen LogP contribution in [0.3, 0.4) is 0 Å². The molecule has 0 radical (unpaired) electrons. The molecule has 0 aliphatic heterocycles. The second-order valence-electron chi connectivity index (χ2n) is 4.25. The minimum absolute atomic E-state index is 0.0321. The zero-order chi connectivity index (χ0) is 14.3. The Hall–Kier alpha value is -1.08. The first-order chi connectivity index (χ1) is 8.87. The molecule has 0 fully saturated rings. The van der Waals surface area contributed by atoms with E-state index in [0.717, 1.165) is 6.26 Å². The average molecular weight is 305 g/mol. The molecule has 0 aromatic heterocycles. The molecule has 0 spiro atoms. The molecule has 0 saturated heterocycles. The van der Waals surface area contributed by atoms with Gasteiger partial charge in [0.15, 0.2) is 0 Å². The lowest BCUT2D eigenvalue weighted by Gasteiger charge is -2.06. The maximum atomic E-state index is 11.5. The van der Waals surface area contributed by atoms with E-state index >= 15 is 0 Å². The van der Waals surface area contributed by atoms with Gasteiger partial charge in [0.1, 0.15) is 15.6 Å². The van der Waals surface area contributed by atoms with Gasteiger partial charge in [0, 0.05) is 40.3 Å². The van der Waals surface area contributed by atoms with Crippen LogP contribution in [0.4, 0.5) is 5.69 Å². The Balaban J connectivity index is 2.19. The molecule has 5 nitrogen and oxygen atoms in total. The summed E-state index contributed by atoms with van der Waals surface area (Å²) in [6.07, 6.45) is 1.76. The quantitative estimate of drug-likeness (QED) is 0.568. The summed E-state index contributed by atoms with van der Waals surface area (Å²) < 4.78 is 38.8. The Morgan fingerprint density at radius 1 is 1.32 bits per heavy atom. The van der Waals surface area contributed by atoms with Crippen molar-refractivity contribution in [2.24, 2.45) is 0 Å². The van der Waals surface area contributed by atoms with Crippen LogP contribution in [0.15, 0.2) is 24.3 Å². The summed E-state index contributed by atoms with van der Waals surface area (Å²) in [4.78, 5) is 0. The number of hydrogen-bond acceptors (Lipinski definition) is 5. The van der Waals surface area contributed by atoms with Crippen molar-refractivity contribution in [1.29, 1.82) is 0 Å². The molecule has 1 atom stereocenters. The minimum atomic E-state index is -3.04. The van der Waals surface area contributed by atoms with Gasteiger partial charge in [-0.15, -0.1) is 0 Å². The molecular weight excluding hydrogens is 286 g/mol. The predicted molar refractivity (Wildman–Crippen MR) is 78.6 cm³/mol. The van der Waals surface area contributed by atoms with Gasteiger partial charge in [-0.25, -0.2) is 8.42 Å². The van der Waals surface area contributed by atoms with Crippen molar-refractivity contribution in [2.45, 2.75) is 6.42 Å². The molecule has 1 aromatic carbocycles. The summed E-state index contributed by atoms with van der Waals surface area (Å²) in [7, 11) is -4.15. The zero-order valence-corrected chi connectivity index (χ0v) is 12.5. The summed E-state index contributed by atoms with van der Waals surface area (Å²) in [6.45, 7) is 0.439. The van der Waals surface area contributed by atoms with Crippen molar-refractivity contribution in [3.8, 4) is 5.75 Å². The highest BCUT2D eigenvalue weighted by Crippen LogP contribution is 2.14. The third-order valence-corrected chi connectivity index (χ3v) is 4.93. The summed E-state index contributed by atoms with van der Waals surface area (Å²) in [5.74, 6) is 1.28. The van der Waals surface area contributed by atoms with Crippen LogP contribution in [-0.2, 0) is 20.6 Å². The number of benzene rings is 1. The molecular formula is C12H19NO4S2. The van der Waals surface area contributed by atoms with Crippen LogP contribution in [0.2, 0.25) is 0 Å². The molecule has 0 aliphatic rings. The maximum absolute atomic E-state index is 11.5. The van der Waals surface area contributed by atoms with E-state index < -0.39 is 20.6 Å². The number of anilines is 1. The lowest BCUT2D eigenvalue weighted by Crippen LogP contribution is -2.14. The second-order valence-corrected chi connectivity index (χ2v) is 8.21. The van der Waals surface area contributed by atoms with Crippen molar-refractivity contribution in [3.05, 3.63) is 24.3 Å². The summed E-state index contributed by atoms with van der Waals surface area (Å²) in [5, 5.41) is 0. The number of sulfone groups is 1. The van der Waals surface area contributed by atoms with Crippen molar-refractivity contribution < 1.29 is 17.4 Å². The monoisotopic (exact) mass is 305 g/mol. The number of hydrogen-bond donors (Lipinski definition) is 1. The van der Waals surface area contributed by atoms with Crippen LogP contribution < -0.4 is 10.5 Å². The van der Waals surface area contributed by atoms with Gasteiger partial charge in [0.2, 0.25) is 0 Å². The smallest absolute Gasteiger partial charge is 0.148 e. The van der Waals surface area contributed by atoms with Crippen molar-refractivity contribution in [1.82, 2.24) is 0 Å². The van der Waals surface area contributed by atoms with E-state index in [9.17, 15) is 12.6 Å². The summed E-state index contributed by atoms with van der Waals surface area (Å²) >= 11 is 0. The summed E-state index contributed by atoms with van der Waals surface area (Å²) in [5.41, 5.74) is 6.24. The Morgan fingerprint density at radius 2 is 2.05 bits per heavy atom. The first-order valence-electron chi connectivity index (χ1n) is 5.88. The number of nitrogen functional groups attached to an aromatic ring is 1. The van der Waals surface area contributed by atoms with E-state index in [-0.39, 0.29) is 11.5 Å². The first kappa shape index (κ1) is 16.0. The molecule has 1 rings (SSSR count). The summed E-state index contributed by atoms with van der Waals surface area (Å²) in [6, 6.07) is 7.10. The van der Waals surface area contributed by atoms with Gasteiger partial charge in [-0.3, -0.25) is 4.21 Å². The first-order valence-corrected chi connectivity index (χ1v) is 9.43. The van der Waals surface area contributed by atoms with Crippen molar-refractivity contribution in [2.75, 3.05) is 35.9 Å². The fraction of sp³-hybridized carbons (Fsp3) is 0.500. The minimum Gasteiger partial charge on any atom is -0.493 e. The standard InChI is InChI=1S/C12H19NO4S2/c1-19(15,16)9-8-18(14)7-3-6-17-12-5-2-4-11(13)10-12/h2,4-5,10H,3,6-9,13H2,1H3. The van der Waals surface area contributed by atoms with Gasteiger partial charge in [-0.1, -0.05) is 6.07 Å². The maximum Gasteiger partial charge on any atom is 0.148 e. The molecule has 0 bridgehead atoms. The highest BCUT2D eigenvalue weighted by molar-refractivity contribution is 7.92. The third kappa shape index (κ3) is 7.84. The van der Waals surface area contributed by atoms with E-state index in [0.29, 0.717) is 30.2 Å². The Morgan fingerprint density at radius 3 is 2.68 bits per heavy atom. The lowest BCUT2D eigenvalue weighted by molar-refractivity contribution is 0.318. The van der Waals surface area contributed by atoms with Crippen LogP contribution in [-0.4, -0.2) is 42.7 Å². The second kappa shape index (κ2) is 7.49. The van der Waals surface area contributed by atoms with Gasteiger partial charge in [0.25, 0.3) is 0 Å². The van der Waals surface area contributed by atoms with Crippen LogP contribution in [0.1, 0.15) is 6.42 Å². The van der Waals surface area contributed by atoms with Crippen LogP contribution in [0.25, 0.3) is 0 Å². The van der Waals surface area contributed by atoms with Gasteiger partial charge in [0.05, 0.1) is 12.4 Å². The van der Waals surface area contributed by atoms with E-state index in [1.54, 1.807) is 24.3 Å². The number of nitrogens with two attached hydrogens (primary N) is 1.